The summed E-state index contributed by atoms with van der Waals surface area (Å²) in [4.78, 5) is 9.76. The summed E-state index contributed by atoms with van der Waals surface area (Å²) in [5, 5.41) is 3.41. The van der Waals surface area contributed by atoms with Crippen LogP contribution in [0.1, 0.15) is 51.5 Å². The third-order valence-electron chi connectivity index (χ3n) is 4.71. The monoisotopic (exact) mass is 313 g/mol. The summed E-state index contributed by atoms with van der Waals surface area (Å²) in [7, 11) is 0. The van der Waals surface area contributed by atoms with E-state index < -0.39 is 0 Å². The lowest BCUT2D eigenvalue weighted by molar-refractivity contribution is 0.0447. The number of aromatic nitrogens is 1. The Hall–Kier alpha value is -0.490. The van der Waals surface area contributed by atoms with Gasteiger partial charge in [-0.05, 0) is 33.2 Å². The van der Waals surface area contributed by atoms with Gasteiger partial charge in [-0.1, -0.05) is 13.8 Å². The van der Waals surface area contributed by atoms with Crippen LogP contribution in [0.3, 0.4) is 0 Å². The molecule has 21 heavy (non-hydrogen) atoms. The van der Waals surface area contributed by atoms with E-state index >= 15 is 0 Å². The molecule has 0 spiro atoms. The molecule has 0 radical (unpaired) electrons. The van der Waals surface area contributed by atoms with Gasteiger partial charge in [0, 0.05) is 49.2 Å². The minimum absolute atomic E-state index is 0. The van der Waals surface area contributed by atoms with Crippen molar-refractivity contribution in [2.45, 2.75) is 52.0 Å². The van der Waals surface area contributed by atoms with Crippen LogP contribution in [-0.4, -0.2) is 58.5 Å². The Morgan fingerprint density at radius 1 is 1.24 bits per heavy atom. The predicted octanol–water partition coefficient (Wildman–Crippen LogP) is 2.62. The van der Waals surface area contributed by atoms with Crippen LogP contribution >= 0.6 is 11.3 Å². The Morgan fingerprint density at radius 3 is 2.38 bits per heavy atom. The van der Waals surface area contributed by atoms with Crippen LogP contribution in [0, 0.1) is 0 Å². The first kappa shape index (κ1) is 18.6. The lowest BCUT2D eigenvalue weighted by Crippen LogP contribution is -2.54. The summed E-state index contributed by atoms with van der Waals surface area (Å²) >= 11 is 1.81. The predicted molar refractivity (Wildman–Crippen MR) is 91.1 cm³/mol. The van der Waals surface area contributed by atoms with Crippen LogP contribution in [0.15, 0.2) is 11.6 Å². The second kappa shape index (κ2) is 8.22. The van der Waals surface area contributed by atoms with E-state index in [0.717, 1.165) is 0 Å². The molecule has 0 saturated carbocycles. The number of hydrogen-bond donors (Lipinski definition) is 0. The number of rotatable bonds is 6. The average Bonchev–Trinajstić information content (AvgIpc) is 2.99. The van der Waals surface area contributed by atoms with Crippen molar-refractivity contribution in [1.82, 2.24) is 14.8 Å². The van der Waals surface area contributed by atoms with Crippen molar-refractivity contribution in [3.8, 4) is 0 Å². The molecule has 2 heterocycles. The van der Waals surface area contributed by atoms with Crippen LogP contribution in [0.4, 0.5) is 0 Å². The Kier molecular flexibility index (Phi) is 7.27. The minimum atomic E-state index is 0. The van der Waals surface area contributed by atoms with Crippen molar-refractivity contribution >= 4 is 11.3 Å². The van der Waals surface area contributed by atoms with Gasteiger partial charge in [0.15, 0.2) is 0 Å². The van der Waals surface area contributed by atoms with Crippen molar-refractivity contribution in [1.29, 1.82) is 0 Å². The Labute approximate surface area is 133 Å². The van der Waals surface area contributed by atoms with Crippen molar-refractivity contribution in [2.75, 3.05) is 32.7 Å². The Balaban J connectivity index is 0.00000220. The molecule has 0 bridgehead atoms. The van der Waals surface area contributed by atoms with Crippen LogP contribution in [0.2, 0.25) is 0 Å². The SMILES string of the molecule is CCC(CC(C)(C)N1CCN(CC)CC1)c1nccs1.O. The van der Waals surface area contributed by atoms with E-state index in [2.05, 4.69) is 47.9 Å². The number of thiazole rings is 1. The topological polar surface area (TPSA) is 50.9 Å². The molecule has 2 rings (SSSR count). The van der Waals surface area contributed by atoms with E-state index in [-0.39, 0.29) is 11.0 Å². The van der Waals surface area contributed by atoms with E-state index in [1.54, 1.807) is 0 Å². The quantitative estimate of drug-likeness (QED) is 0.811. The smallest absolute Gasteiger partial charge is 0.0956 e. The highest BCUT2D eigenvalue weighted by Crippen LogP contribution is 2.33. The first-order valence-electron chi connectivity index (χ1n) is 7.93. The third-order valence-corrected chi connectivity index (χ3v) is 5.65. The lowest BCUT2D eigenvalue weighted by Gasteiger charge is -2.45. The maximum atomic E-state index is 4.53. The van der Waals surface area contributed by atoms with Gasteiger partial charge in [0.1, 0.15) is 0 Å². The zero-order valence-corrected chi connectivity index (χ0v) is 14.7. The number of likely N-dealkylation sites (N-methyl/N-ethyl adjacent to an activating group) is 1. The molecule has 1 aliphatic rings. The molecule has 2 N–H and O–H groups in total. The van der Waals surface area contributed by atoms with Gasteiger partial charge in [0.05, 0.1) is 5.01 Å². The molecule has 1 aromatic rings. The highest BCUT2D eigenvalue weighted by Gasteiger charge is 2.32. The average molecular weight is 314 g/mol. The van der Waals surface area contributed by atoms with Gasteiger partial charge in [-0.3, -0.25) is 4.90 Å². The molecule has 0 amide bonds. The number of nitrogens with zero attached hydrogens (tertiary/aromatic N) is 3. The molecule has 1 fully saturated rings. The van der Waals surface area contributed by atoms with E-state index in [9.17, 15) is 0 Å². The molecule has 1 unspecified atom stereocenters. The Bertz CT molecular complexity index is 386. The fraction of sp³-hybridized carbons (Fsp3) is 0.812. The van der Waals surface area contributed by atoms with Crippen LogP contribution < -0.4 is 0 Å². The molecule has 5 heteroatoms. The molecule has 1 atom stereocenters. The highest BCUT2D eigenvalue weighted by atomic mass is 32.1. The zero-order chi connectivity index (χ0) is 14.6. The van der Waals surface area contributed by atoms with Crippen LogP contribution in [0.5, 0.6) is 0 Å². The van der Waals surface area contributed by atoms with Crippen molar-refractivity contribution in [3.05, 3.63) is 16.6 Å². The summed E-state index contributed by atoms with van der Waals surface area (Å²) in [6.07, 6.45) is 4.34. The maximum absolute atomic E-state index is 4.53. The van der Waals surface area contributed by atoms with E-state index in [1.165, 1.54) is 50.6 Å². The standard InChI is InChI=1S/C16H29N3S.H2O/c1-5-14(15-17-7-12-20-15)13-16(3,4)19-10-8-18(6-2)9-11-19;/h7,12,14H,5-6,8-11,13H2,1-4H3;1H2. The molecule has 1 aromatic heterocycles. The van der Waals surface area contributed by atoms with Crippen molar-refractivity contribution < 1.29 is 5.48 Å². The third kappa shape index (κ3) is 4.74. The summed E-state index contributed by atoms with van der Waals surface area (Å²) < 4.78 is 0. The van der Waals surface area contributed by atoms with Gasteiger partial charge >= 0.3 is 0 Å². The fourth-order valence-electron chi connectivity index (χ4n) is 3.24. The fourth-order valence-corrected chi connectivity index (χ4v) is 4.07. The highest BCUT2D eigenvalue weighted by molar-refractivity contribution is 7.09. The van der Waals surface area contributed by atoms with Crippen molar-refractivity contribution in [3.63, 3.8) is 0 Å². The van der Waals surface area contributed by atoms with E-state index in [4.69, 9.17) is 0 Å². The largest absolute Gasteiger partial charge is 0.412 e. The van der Waals surface area contributed by atoms with Crippen LogP contribution in [0.25, 0.3) is 0 Å². The molecular weight excluding hydrogens is 282 g/mol. The molecule has 4 nitrogen and oxygen atoms in total. The summed E-state index contributed by atoms with van der Waals surface area (Å²) in [5.41, 5.74) is 0.270. The first-order chi connectivity index (χ1) is 9.56. The number of hydrogen-bond acceptors (Lipinski definition) is 4. The van der Waals surface area contributed by atoms with E-state index in [1.807, 2.05) is 17.5 Å². The molecule has 0 aromatic carbocycles. The van der Waals surface area contributed by atoms with Gasteiger partial charge in [-0.2, -0.15) is 0 Å². The summed E-state index contributed by atoms with van der Waals surface area (Å²) in [6, 6.07) is 0. The second-order valence-electron chi connectivity index (χ2n) is 6.41. The van der Waals surface area contributed by atoms with Gasteiger partial charge in [0.2, 0.25) is 0 Å². The van der Waals surface area contributed by atoms with Gasteiger partial charge in [-0.25, -0.2) is 4.98 Å². The molecule has 122 valence electrons. The Morgan fingerprint density at radius 2 is 1.90 bits per heavy atom. The van der Waals surface area contributed by atoms with Crippen LogP contribution in [-0.2, 0) is 0 Å². The normalized spacial score (nSPS) is 19.2. The van der Waals surface area contributed by atoms with Crippen molar-refractivity contribution in [2.24, 2.45) is 0 Å². The van der Waals surface area contributed by atoms with Gasteiger partial charge < -0.3 is 10.4 Å². The minimum Gasteiger partial charge on any atom is -0.412 e. The maximum Gasteiger partial charge on any atom is 0.0956 e. The number of piperazine rings is 1. The molecule has 1 aliphatic heterocycles. The molecular formula is C16H31N3OS. The summed E-state index contributed by atoms with van der Waals surface area (Å²) in [5.74, 6) is 0.606. The van der Waals surface area contributed by atoms with Gasteiger partial charge in [0.25, 0.3) is 0 Å². The molecule has 1 saturated heterocycles. The zero-order valence-electron chi connectivity index (χ0n) is 13.9. The van der Waals surface area contributed by atoms with Gasteiger partial charge in [-0.15, -0.1) is 11.3 Å². The summed E-state index contributed by atoms with van der Waals surface area (Å²) in [6.45, 7) is 15.4. The lowest BCUT2D eigenvalue weighted by atomic mass is 9.87. The first-order valence-corrected chi connectivity index (χ1v) is 8.81. The molecule has 0 aliphatic carbocycles. The van der Waals surface area contributed by atoms with E-state index in [0.29, 0.717) is 5.92 Å². The second-order valence-corrected chi connectivity index (χ2v) is 7.34.